The zero-order valence-electron chi connectivity index (χ0n) is 6.68. The van der Waals surface area contributed by atoms with E-state index in [-0.39, 0.29) is 0 Å². The van der Waals surface area contributed by atoms with Crippen LogP contribution < -0.4 is 4.57 Å². The number of nitrogens with zero attached hydrogens (tertiary/aromatic N) is 5. The van der Waals surface area contributed by atoms with E-state index in [2.05, 4.69) is 20.6 Å². The highest BCUT2D eigenvalue weighted by Gasteiger charge is 2.04. The highest BCUT2D eigenvalue weighted by atomic mass is 15.5. The highest BCUT2D eigenvalue weighted by Crippen LogP contribution is 1.89. The van der Waals surface area contributed by atoms with Crippen LogP contribution in [0.1, 0.15) is 5.82 Å². The normalized spacial score (nSPS) is 10.4. The molecule has 0 amide bonds. The van der Waals surface area contributed by atoms with Crippen LogP contribution in [0.3, 0.4) is 0 Å². The summed E-state index contributed by atoms with van der Waals surface area (Å²) in [6, 6.07) is 0. The second-order valence-corrected chi connectivity index (χ2v) is 2.58. The number of rotatable bonds is 2. The Morgan fingerprint density at radius 1 is 1.67 bits per heavy atom. The Bertz CT molecular complexity index is 348. The lowest BCUT2D eigenvalue weighted by Gasteiger charge is -1.86. The maximum Gasteiger partial charge on any atom is 0.243 e. The number of aryl methyl sites for hydroxylation is 1. The molecule has 6 heteroatoms. The van der Waals surface area contributed by atoms with Gasteiger partial charge in [-0.1, -0.05) is 5.21 Å². The van der Waals surface area contributed by atoms with Gasteiger partial charge in [-0.2, -0.15) is 5.21 Å². The molecule has 0 unspecified atom stereocenters. The second kappa shape index (κ2) is 2.72. The van der Waals surface area contributed by atoms with Crippen LogP contribution in [0, 0.1) is 0 Å². The number of tetrazole rings is 1. The number of hydrogen-bond donors (Lipinski definition) is 1. The lowest BCUT2D eigenvalue weighted by atomic mass is 10.6. The molecule has 0 aliphatic heterocycles. The Hall–Kier alpha value is -1.72. The minimum Gasteiger partial charge on any atom is -0.240 e. The van der Waals surface area contributed by atoms with E-state index < -0.39 is 0 Å². The van der Waals surface area contributed by atoms with E-state index in [4.69, 9.17) is 0 Å². The standard InChI is InChI=1S/C6H9N6/c1-11-2-3-12(5-11)4-6-7-9-10-8-6/h2-3,5H,4H2,1H3,(H,7,8,9,10)/q+1. The maximum absolute atomic E-state index is 3.84. The number of nitrogens with one attached hydrogen (secondary N) is 1. The second-order valence-electron chi connectivity index (χ2n) is 2.58. The molecule has 2 rings (SSSR count). The zero-order chi connectivity index (χ0) is 8.39. The first kappa shape index (κ1) is 6.96. The van der Waals surface area contributed by atoms with Crippen LogP contribution in [0.25, 0.3) is 0 Å². The van der Waals surface area contributed by atoms with Crippen molar-refractivity contribution in [2.75, 3.05) is 0 Å². The van der Waals surface area contributed by atoms with Crippen molar-refractivity contribution in [3.8, 4) is 0 Å². The first-order valence-electron chi connectivity index (χ1n) is 3.58. The molecule has 0 bridgehead atoms. The highest BCUT2D eigenvalue weighted by molar-refractivity contribution is 4.79. The van der Waals surface area contributed by atoms with Gasteiger partial charge in [-0.05, 0) is 0 Å². The van der Waals surface area contributed by atoms with E-state index in [0.29, 0.717) is 12.4 Å². The molecule has 2 aromatic rings. The average Bonchev–Trinajstić information content (AvgIpc) is 2.63. The third kappa shape index (κ3) is 1.31. The molecule has 0 aromatic carbocycles. The number of aromatic amines is 1. The van der Waals surface area contributed by atoms with Crippen LogP contribution in [0.2, 0.25) is 0 Å². The predicted molar refractivity (Wildman–Crippen MR) is 38.9 cm³/mol. The summed E-state index contributed by atoms with van der Waals surface area (Å²) in [5, 5.41) is 13.6. The van der Waals surface area contributed by atoms with Gasteiger partial charge in [0.1, 0.15) is 12.4 Å². The van der Waals surface area contributed by atoms with E-state index in [9.17, 15) is 0 Å². The van der Waals surface area contributed by atoms with Gasteiger partial charge < -0.3 is 0 Å². The molecular formula is C6H9N6+. The van der Waals surface area contributed by atoms with Crippen LogP contribution in [0.15, 0.2) is 18.7 Å². The zero-order valence-corrected chi connectivity index (χ0v) is 6.68. The van der Waals surface area contributed by atoms with Crippen LogP contribution in [0.4, 0.5) is 0 Å². The molecule has 2 heterocycles. The fourth-order valence-corrected chi connectivity index (χ4v) is 1.01. The molecule has 0 saturated carbocycles. The fraction of sp³-hybridized carbons (Fsp3) is 0.333. The minimum atomic E-state index is 0.650. The summed E-state index contributed by atoms with van der Waals surface area (Å²) in [5.74, 6) is 0.686. The predicted octanol–water partition coefficient (Wildman–Crippen LogP) is -1.13. The van der Waals surface area contributed by atoms with Gasteiger partial charge in [-0.15, -0.1) is 10.2 Å². The topological polar surface area (TPSA) is 63.3 Å². The van der Waals surface area contributed by atoms with Crippen molar-refractivity contribution >= 4 is 0 Å². The molecule has 0 saturated heterocycles. The minimum absolute atomic E-state index is 0.650. The van der Waals surface area contributed by atoms with Gasteiger partial charge in [0.2, 0.25) is 12.2 Å². The van der Waals surface area contributed by atoms with Crippen molar-refractivity contribution in [2.45, 2.75) is 6.54 Å². The molecule has 62 valence electrons. The van der Waals surface area contributed by atoms with Crippen LogP contribution >= 0.6 is 0 Å². The lowest BCUT2D eigenvalue weighted by molar-refractivity contribution is -0.671. The summed E-state index contributed by atoms with van der Waals surface area (Å²) in [7, 11) is 1.97. The number of H-pyrrole nitrogens is 1. The lowest BCUT2D eigenvalue weighted by Crippen LogP contribution is -2.23. The molecule has 0 aliphatic rings. The molecule has 1 N–H and O–H groups in total. The average molecular weight is 165 g/mol. The molecule has 0 aliphatic carbocycles. The summed E-state index contributed by atoms with van der Waals surface area (Å²) in [4.78, 5) is 0. The van der Waals surface area contributed by atoms with E-state index in [1.807, 2.05) is 34.9 Å². The first-order valence-corrected chi connectivity index (χ1v) is 3.58. The molecular weight excluding hydrogens is 156 g/mol. The molecule has 0 fully saturated rings. The molecule has 0 radical (unpaired) electrons. The van der Waals surface area contributed by atoms with E-state index in [0.717, 1.165) is 0 Å². The fourth-order valence-electron chi connectivity index (χ4n) is 1.01. The van der Waals surface area contributed by atoms with Gasteiger partial charge in [-0.3, -0.25) is 0 Å². The van der Waals surface area contributed by atoms with Crippen molar-refractivity contribution < 1.29 is 4.57 Å². The van der Waals surface area contributed by atoms with Crippen molar-refractivity contribution in [2.24, 2.45) is 7.05 Å². The number of hydrogen-bond acceptors (Lipinski definition) is 3. The summed E-state index contributed by atoms with van der Waals surface area (Å²) >= 11 is 0. The first-order chi connectivity index (χ1) is 5.84. The quantitative estimate of drug-likeness (QED) is 0.573. The molecule has 6 nitrogen and oxygen atoms in total. The Balaban J connectivity index is 2.14. The Labute approximate surface area is 68.8 Å². The Morgan fingerprint density at radius 2 is 2.58 bits per heavy atom. The van der Waals surface area contributed by atoms with Crippen molar-refractivity contribution in [1.82, 2.24) is 25.2 Å². The smallest absolute Gasteiger partial charge is 0.240 e. The van der Waals surface area contributed by atoms with Crippen LogP contribution in [0.5, 0.6) is 0 Å². The molecule has 0 atom stereocenters. The van der Waals surface area contributed by atoms with Gasteiger partial charge >= 0.3 is 0 Å². The largest absolute Gasteiger partial charge is 0.243 e. The SMILES string of the molecule is C[n+]1ccn(Cc2nn[nH]n2)c1. The van der Waals surface area contributed by atoms with Crippen molar-refractivity contribution in [1.29, 1.82) is 0 Å². The van der Waals surface area contributed by atoms with Gasteiger partial charge in [0.15, 0.2) is 6.54 Å². The van der Waals surface area contributed by atoms with Gasteiger partial charge in [0, 0.05) is 0 Å². The number of aromatic nitrogens is 6. The monoisotopic (exact) mass is 165 g/mol. The summed E-state index contributed by atoms with van der Waals surface area (Å²) in [5.41, 5.74) is 0. The number of imidazole rings is 1. The van der Waals surface area contributed by atoms with Crippen LogP contribution in [-0.2, 0) is 13.6 Å². The molecule has 0 spiro atoms. The molecule has 12 heavy (non-hydrogen) atoms. The van der Waals surface area contributed by atoms with E-state index in [1.165, 1.54) is 0 Å². The van der Waals surface area contributed by atoms with Crippen LogP contribution in [-0.4, -0.2) is 25.2 Å². The van der Waals surface area contributed by atoms with Crippen molar-refractivity contribution in [3.05, 3.63) is 24.5 Å². The Morgan fingerprint density at radius 3 is 3.17 bits per heavy atom. The van der Waals surface area contributed by atoms with Gasteiger partial charge in [-0.25, -0.2) is 9.13 Å². The van der Waals surface area contributed by atoms with E-state index in [1.54, 1.807) is 0 Å². The summed E-state index contributed by atoms with van der Waals surface area (Å²) in [6.07, 6.45) is 5.87. The van der Waals surface area contributed by atoms with Gasteiger partial charge in [0.05, 0.1) is 7.05 Å². The van der Waals surface area contributed by atoms with Crippen molar-refractivity contribution in [3.63, 3.8) is 0 Å². The third-order valence-electron chi connectivity index (χ3n) is 1.54. The van der Waals surface area contributed by atoms with E-state index >= 15 is 0 Å². The Kier molecular flexibility index (Phi) is 1.58. The maximum atomic E-state index is 3.84. The third-order valence-corrected chi connectivity index (χ3v) is 1.54. The molecule has 2 aromatic heterocycles. The summed E-state index contributed by atoms with van der Waals surface area (Å²) in [6.45, 7) is 0.650. The van der Waals surface area contributed by atoms with Gasteiger partial charge in [0.25, 0.3) is 0 Å². The summed E-state index contributed by atoms with van der Waals surface area (Å²) < 4.78 is 3.94.